The quantitative estimate of drug-likeness (QED) is 0.259. The lowest BCUT2D eigenvalue weighted by Gasteiger charge is -2.21. The summed E-state index contributed by atoms with van der Waals surface area (Å²) < 4.78 is 5.02. The van der Waals surface area contributed by atoms with E-state index < -0.39 is 0 Å². The van der Waals surface area contributed by atoms with E-state index in [1.54, 1.807) is 13.3 Å². The van der Waals surface area contributed by atoms with Gasteiger partial charge in [0, 0.05) is 33.5 Å². The fraction of sp³-hybridized carbons (Fsp3) is 0.500. The maximum atomic E-state index is 8.83. The summed E-state index contributed by atoms with van der Waals surface area (Å²) in [5.74, 6) is 0.788. The van der Waals surface area contributed by atoms with Crippen molar-refractivity contribution < 1.29 is 9.94 Å². The number of methoxy groups -OCH3 is 1. The van der Waals surface area contributed by atoms with E-state index in [0.717, 1.165) is 18.5 Å². The number of hydrogen-bond acceptors (Lipinski definition) is 5. The summed E-state index contributed by atoms with van der Waals surface area (Å²) in [6.45, 7) is 3.38. The number of aryl methyl sites for hydroxylation is 1. The Kier molecular flexibility index (Phi) is 5.38. The van der Waals surface area contributed by atoms with E-state index in [1.165, 1.54) is 0 Å². The number of ether oxygens (including phenoxy) is 1. The van der Waals surface area contributed by atoms with Crippen molar-refractivity contribution in [3.05, 3.63) is 23.4 Å². The molecule has 0 atom stereocenters. The number of amidine groups is 1. The largest absolute Gasteiger partial charge is 0.409 e. The van der Waals surface area contributed by atoms with Gasteiger partial charge < -0.3 is 20.6 Å². The van der Waals surface area contributed by atoms with Gasteiger partial charge in [0.15, 0.2) is 5.84 Å². The van der Waals surface area contributed by atoms with E-state index >= 15 is 0 Å². The summed E-state index contributed by atoms with van der Waals surface area (Å²) in [5.41, 5.74) is 7.29. The van der Waals surface area contributed by atoms with E-state index in [0.29, 0.717) is 18.0 Å². The second-order valence-corrected chi connectivity index (χ2v) is 4.08. The summed E-state index contributed by atoms with van der Waals surface area (Å²) in [4.78, 5) is 6.27. The molecule has 0 aliphatic rings. The summed E-state index contributed by atoms with van der Waals surface area (Å²) in [6.07, 6.45) is 2.60. The van der Waals surface area contributed by atoms with Crippen LogP contribution in [0.4, 0.5) is 5.82 Å². The number of anilines is 1. The van der Waals surface area contributed by atoms with Gasteiger partial charge >= 0.3 is 0 Å². The summed E-state index contributed by atoms with van der Waals surface area (Å²) in [7, 11) is 3.60. The van der Waals surface area contributed by atoms with Gasteiger partial charge in [0.25, 0.3) is 0 Å². The maximum absolute atomic E-state index is 8.83. The number of nitrogens with zero attached hydrogens (tertiary/aromatic N) is 3. The molecule has 0 fully saturated rings. The first-order chi connectivity index (χ1) is 8.61. The van der Waals surface area contributed by atoms with E-state index in [-0.39, 0.29) is 5.84 Å². The van der Waals surface area contributed by atoms with Gasteiger partial charge in [0.05, 0.1) is 5.56 Å². The Balaban J connectivity index is 2.97. The molecular formula is C12H20N4O2. The molecule has 6 nitrogen and oxygen atoms in total. The highest BCUT2D eigenvalue weighted by atomic mass is 16.5. The third-order valence-corrected chi connectivity index (χ3v) is 2.71. The van der Waals surface area contributed by atoms with Crippen LogP contribution in [0.1, 0.15) is 17.5 Å². The highest BCUT2D eigenvalue weighted by Gasteiger charge is 2.14. The van der Waals surface area contributed by atoms with Crippen LogP contribution >= 0.6 is 0 Å². The van der Waals surface area contributed by atoms with Crippen LogP contribution < -0.4 is 10.6 Å². The first kappa shape index (κ1) is 14.2. The smallest absolute Gasteiger partial charge is 0.174 e. The first-order valence-electron chi connectivity index (χ1n) is 5.75. The molecule has 18 heavy (non-hydrogen) atoms. The molecule has 0 unspecified atom stereocenters. The van der Waals surface area contributed by atoms with Crippen LogP contribution in [0.25, 0.3) is 0 Å². The zero-order chi connectivity index (χ0) is 13.5. The first-order valence-corrected chi connectivity index (χ1v) is 5.75. The molecule has 1 heterocycles. The molecule has 6 heteroatoms. The minimum absolute atomic E-state index is 0.0780. The topological polar surface area (TPSA) is 84.0 Å². The minimum atomic E-state index is 0.0780. The molecule has 0 amide bonds. The van der Waals surface area contributed by atoms with Crippen LogP contribution in [0.5, 0.6) is 0 Å². The third-order valence-electron chi connectivity index (χ3n) is 2.71. The van der Waals surface area contributed by atoms with Crippen molar-refractivity contribution in [2.24, 2.45) is 10.9 Å². The van der Waals surface area contributed by atoms with Gasteiger partial charge in [-0.05, 0) is 25.0 Å². The highest BCUT2D eigenvalue weighted by Crippen LogP contribution is 2.19. The van der Waals surface area contributed by atoms with Gasteiger partial charge in [0.1, 0.15) is 5.82 Å². The molecule has 0 saturated heterocycles. The van der Waals surface area contributed by atoms with Gasteiger partial charge in [-0.1, -0.05) is 5.16 Å². The predicted octanol–water partition coefficient (Wildman–Crippen LogP) is 0.957. The van der Waals surface area contributed by atoms with Crippen LogP contribution in [0.15, 0.2) is 17.4 Å². The van der Waals surface area contributed by atoms with Gasteiger partial charge in [-0.2, -0.15) is 0 Å². The number of oxime groups is 1. The van der Waals surface area contributed by atoms with Gasteiger partial charge in [0.2, 0.25) is 0 Å². The molecule has 0 aliphatic heterocycles. The zero-order valence-corrected chi connectivity index (χ0v) is 11.1. The van der Waals surface area contributed by atoms with Crippen molar-refractivity contribution in [2.75, 3.05) is 32.2 Å². The Hall–Kier alpha value is -1.82. The second kappa shape index (κ2) is 6.80. The van der Waals surface area contributed by atoms with Gasteiger partial charge in [-0.15, -0.1) is 0 Å². The van der Waals surface area contributed by atoms with Crippen molar-refractivity contribution in [2.45, 2.75) is 13.3 Å². The van der Waals surface area contributed by atoms with Crippen LogP contribution in [-0.2, 0) is 4.74 Å². The Morgan fingerprint density at radius 3 is 2.94 bits per heavy atom. The SMILES string of the molecule is COCCCN(C)c1nccc(C)c1/C(N)=N/O. The fourth-order valence-electron chi connectivity index (χ4n) is 1.75. The number of hydrogen-bond donors (Lipinski definition) is 2. The lowest BCUT2D eigenvalue weighted by Crippen LogP contribution is -2.26. The Morgan fingerprint density at radius 2 is 2.33 bits per heavy atom. The molecule has 0 radical (unpaired) electrons. The zero-order valence-electron chi connectivity index (χ0n) is 11.1. The average molecular weight is 252 g/mol. The summed E-state index contributed by atoms with van der Waals surface area (Å²) in [6, 6.07) is 1.83. The maximum Gasteiger partial charge on any atom is 0.174 e. The molecule has 0 bridgehead atoms. The summed E-state index contributed by atoms with van der Waals surface area (Å²) in [5, 5.41) is 11.9. The van der Waals surface area contributed by atoms with Crippen molar-refractivity contribution in [1.29, 1.82) is 0 Å². The molecule has 1 aromatic heterocycles. The molecule has 0 aliphatic carbocycles. The van der Waals surface area contributed by atoms with Crippen molar-refractivity contribution >= 4 is 11.7 Å². The lowest BCUT2D eigenvalue weighted by molar-refractivity contribution is 0.196. The number of rotatable bonds is 6. The molecule has 0 aromatic carbocycles. The van der Waals surface area contributed by atoms with Crippen molar-refractivity contribution in [3.63, 3.8) is 0 Å². The number of nitrogens with two attached hydrogens (primary N) is 1. The van der Waals surface area contributed by atoms with Crippen LogP contribution in [-0.4, -0.2) is 43.3 Å². The van der Waals surface area contributed by atoms with E-state index in [4.69, 9.17) is 15.7 Å². The number of aromatic nitrogens is 1. The molecule has 0 saturated carbocycles. The Morgan fingerprint density at radius 1 is 1.61 bits per heavy atom. The van der Waals surface area contributed by atoms with E-state index in [1.807, 2.05) is 24.9 Å². The molecule has 1 rings (SSSR count). The molecule has 3 N–H and O–H groups in total. The van der Waals surface area contributed by atoms with E-state index in [2.05, 4.69) is 10.1 Å². The molecular weight excluding hydrogens is 232 g/mol. The second-order valence-electron chi connectivity index (χ2n) is 4.08. The van der Waals surface area contributed by atoms with E-state index in [9.17, 15) is 0 Å². The van der Waals surface area contributed by atoms with Crippen LogP contribution in [0.3, 0.4) is 0 Å². The standard InChI is InChI=1S/C12H20N4O2/c1-9-5-6-14-12(10(9)11(13)15-17)16(2)7-4-8-18-3/h5-6,17H,4,7-8H2,1-3H3,(H2,13,15). The molecule has 0 spiro atoms. The predicted molar refractivity (Wildman–Crippen MR) is 71.2 cm³/mol. The minimum Gasteiger partial charge on any atom is -0.409 e. The lowest BCUT2D eigenvalue weighted by atomic mass is 10.1. The van der Waals surface area contributed by atoms with Crippen LogP contribution in [0.2, 0.25) is 0 Å². The Labute approximate surface area is 107 Å². The molecule has 1 aromatic rings. The van der Waals surface area contributed by atoms with Crippen molar-refractivity contribution in [1.82, 2.24) is 4.98 Å². The normalized spacial score (nSPS) is 11.6. The number of pyridine rings is 1. The highest BCUT2D eigenvalue weighted by molar-refractivity contribution is 6.02. The van der Waals surface area contributed by atoms with Gasteiger partial charge in [-0.3, -0.25) is 0 Å². The molecule has 100 valence electrons. The average Bonchev–Trinajstić information content (AvgIpc) is 2.37. The van der Waals surface area contributed by atoms with Gasteiger partial charge in [-0.25, -0.2) is 4.98 Å². The fourth-order valence-corrected chi connectivity index (χ4v) is 1.75. The Bertz CT molecular complexity index is 421. The monoisotopic (exact) mass is 252 g/mol. The van der Waals surface area contributed by atoms with Crippen LogP contribution in [0, 0.1) is 6.92 Å². The summed E-state index contributed by atoms with van der Waals surface area (Å²) >= 11 is 0. The van der Waals surface area contributed by atoms with Crippen molar-refractivity contribution in [3.8, 4) is 0 Å². The third kappa shape index (κ3) is 3.33.